The van der Waals surface area contributed by atoms with E-state index in [2.05, 4.69) is 147 Å². The van der Waals surface area contributed by atoms with E-state index in [1.807, 2.05) is 0 Å². The van der Waals surface area contributed by atoms with Crippen LogP contribution in [-0.4, -0.2) is 12.1 Å². The van der Waals surface area contributed by atoms with Crippen LogP contribution in [0.5, 0.6) is 0 Å². The molecule has 2 heteroatoms. The molecule has 1 fully saturated rings. The summed E-state index contributed by atoms with van der Waals surface area (Å²) in [6, 6.07) is 40.7. The second-order valence-electron chi connectivity index (χ2n) is 10.8. The Hall–Kier alpha value is -3.52. The van der Waals surface area contributed by atoms with Crippen molar-refractivity contribution in [3.8, 4) is 0 Å². The molecule has 1 saturated carbocycles. The van der Waals surface area contributed by atoms with Gasteiger partial charge in [0, 0.05) is 22.7 Å². The minimum Gasteiger partial charge on any atom is -0.336 e. The minimum absolute atomic E-state index is 0.143. The van der Waals surface area contributed by atoms with Gasteiger partial charge in [-0.05, 0) is 79.3 Å². The van der Waals surface area contributed by atoms with Crippen LogP contribution in [0.3, 0.4) is 0 Å². The molecule has 0 aliphatic heterocycles. The molecule has 0 N–H and O–H groups in total. The second-order valence-corrected chi connectivity index (χ2v) is 10.8. The van der Waals surface area contributed by atoms with Gasteiger partial charge in [0.1, 0.15) is 0 Å². The molecule has 4 aromatic carbocycles. The van der Waals surface area contributed by atoms with Gasteiger partial charge in [-0.3, -0.25) is 0 Å². The van der Waals surface area contributed by atoms with E-state index in [0.717, 1.165) is 12.8 Å². The maximum Gasteiger partial charge on any atom is 0.0550 e. The highest BCUT2D eigenvalue weighted by Crippen LogP contribution is 2.43. The molecular formula is C33H36N2. The van der Waals surface area contributed by atoms with Crippen LogP contribution < -0.4 is 9.80 Å². The first-order valence-electron chi connectivity index (χ1n) is 12.8. The summed E-state index contributed by atoms with van der Waals surface area (Å²) in [6.07, 6.45) is 2.33. The number of benzene rings is 4. The summed E-state index contributed by atoms with van der Waals surface area (Å²) in [5.41, 5.74) is 7.82. The molecule has 0 spiro atoms. The Kier molecular flexibility index (Phi) is 6.38. The van der Waals surface area contributed by atoms with Crippen LogP contribution in [0.15, 0.2) is 109 Å². The zero-order chi connectivity index (χ0) is 24.4. The molecule has 0 bridgehead atoms. The van der Waals surface area contributed by atoms with Gasteiger partial charge < -0.3 is 9.80 Å². The van der Waals surface area contributed by atoms with E-state index in [1.54, 1.807) is 0 Å². The average Bonchev–Trinajstić information content (AvgIpc) is 2.86. The summed E-state index contributed by atoms with van der Waals surface area (Å²) >= 11 is 0. The number of para-hydroxylation sites is 2. The molecule has 178 valence electrons. The average molecular weight is 461 g/mol. The van der Waals surface area contributed by atoms with E-state index >= 15 is 0 Å². The molecule has 5 rings (SSSR count). The predicted octanol–water partition coefficient (Wildman–Crippen LogP) is 8.80. The zero-order valence-corrected chi connectivity index (χ0v) is 21.4. The Balaban J connectivity index is 1.56. The Morgan fingerprint density at radius 1 is 0.514 bits per heavy atom. The molecular weight excluding hydrogens is 424 g/mol. The number of hydrogen-bond acceptors (Lipinski definition) is 2. The van der Waals surface area contributed by atoms with Gasteiger partial charge in [0.05, 0.1) is 12.1 Å². The van der Waals surface area contributed by atoms with Crippen molar-refractivity contribution in [1.29, 1.82) is 0 Å². The molecule has 1 unspecified atom stereocenters. The molecule has 2 nitrogen and oxygen atoms in total. The van der Waals surface area contributed by atoms with Crippen LogP contribution in [0.2, 0.25) is 0 Å². The minimum atomic E-state index is 0.143. The molecule has 0 aromatic heterocycles. The third-order valence-electron chi connectivity index (χ3n) is 7.26. The Labute approximate surface area is 210 Å². The lowest BCUT2D eigenvalue weighted by molar-refractivity contribution is 0.339. The van der Waals surface area contributed by atoms with Gasteiger partial charge in [0.15, 0.2) is 0 Å². The molecule has 0 saturated heterocycles. The maximum atomic E-state index is 2.57. The van der Waals surface area contributed by atoms with Gasteiger partial charge in [-0.25, -0.2) is 0 Å². The highest BCUT2D eigenvalue weighted by Gasteiger charge is 2.41. The van der Waals surface area contributed by atoms with Crippen molar-refractivity contribution in [2.45, 2.75) is 58.0 Å². The Morgan fingerprint density at radius 3 is 1.26 bits per heavy atom. The van der Waals surface area contributed by atoms with E-state index in [1.165, 1.54) is 33.9 Å². The summed E-state index contributed by atoms with van der Waals surface area (Å²) in [5, 5.41) is 0. The fraction of sp³-hybridized carbons (Fsp3) is 0.273. The van der Waals surface area contributed by atoms with Gasteiger partial charge >= 0.3 is 0 Å². The fourth-order valence-electron chi connectivity index (χ4n) is 5.14. The SMILES string of the molecule is Cc1ccc(N(c2ccc(C(C)(C)C)cc2)C2CC[C@H]2N(c2ccccc2)c2ccccc2)cc1. The third kappa shape index (κ3) is 4.84. The summed E-state index contributed by atoms with van der Waals surface area (Å²) in [4.78, 5) is 5.11. The van der Waals surface area contributed by atoms with Crippen molar-refractivity contribution >= 4 is 22.7 Å². The largest absolute Gasteiger partial charge is 0.336 e. The van der Waals surface area contributed by atoms with E-state index in [9.17, 15) is 0 Å². The molecule has 4 aromatic rings. The van der Waals surface area contributed by atoms with Crippen molar-refractivity contribution in [1.82, 2.24) is 0 Å². The number of hydrogen-bond donors (Lipinski definition) is 0. The van der Waals surface area contributed by atoms with Gasteiger partial charge in [-0.1, -0.05) is 87.0 Å². The van der Waals surface area contributed by atoms with Crippen LogP contribution in [-0.2, 0) is 5.41 Å². The van der Waals surface area contributed by atoms with Crippen LogP contribution in [0.1, 0.15) is 44.7 Å². The van der Waals surface area contributed by atoms with Crippen LogP contribution in [0, 0.1) is 6.92 Å². The highest BCUT2D eigenvalue weighted by atomic mass is 15.3. The first kappa shape index (κ1) is 23.2. The van der Waals surface area contributed by atoms with E-state index in [-0.39, 0.29) is 5.41 Å². The van der Waals surface area contributed by atoms with Gasteiger partial charge in [0.2, 0.25) is 0 Å². The Bertz CT molecular complexity index is 1180. The third-order valence-corrected chi connectivity index (χ3v) is 7.26. The molecule has 0 amide bonds. The number of aryl methyl sites for hydroxylation is 1. The monoisotopic (exact) mass is 460 g/mol. The summed E-state index contributed by atoms with van der Waals surface area (Å²) in [5.74, 6) is 0. The first-order chi connectivity index (χ1) is 16.9. The molecule has 1 aliphatic rings. The molecule has 1 aliphatic carbocycles. The second kappa shape index (κ2) is 9.62. The number of nitrogens with zero attached hydrogens (tertiary/aromatic N) is 2. The summed E-state index contributed by atoms with van der Waals surface area (Å²) < 4.78 is 0. The Morgan fingerprint density at radius 2 is 0.886 bits per heavy atom. The van der Waals surface area contributed by atoms with Gasteiger partial charge in [-0.2, -0.15) is 0 Å². The molecule has 35 heavy (non-hydrogen) atoms. The normalized spacial score (nSPS) is 17.5. The van der Waals surface area contributed by atoms with Gasteiger partial charge in [0.25, 0.3) is 0 Å². The maximum absolute atomic E-state index is 2.57. The lowest BCUT2D eigenvalue weighted by Gasteiger charge is -2.51. The predicted molar refractivity (Wildman–Crippen MR) is 150 cm³/mol. The van der Waals surface area contributed by atoms with Crippen molar-refractivity contribution < 1.29 is 0 Å². The quantitative estimate of drug-likeness (QED) is 0.284. The number of anilines is 4. The molecule has 2 atom stereocenters. The molecule has 0 heterocycles. The van der Waals surface area contributed by atoms with Gasteiger partial charge in [-0.15, -0.1) is 0 Å². The van der Waals surface area contributed by atoms with Crippen LogP contribution in [0.4, 0.5) is 22.7 Å². The van der Waals surface area contributed by atoms with E-state index < -0.39 is 0 Å². The topological polar surface area (TPSA) is 6.48 Å². The van der Waals surface area contributed by atoms with Crippen molar-refractivity contribution in [3.05, 3.63) is 120 Å². The first-order valence-corrected chi connectivity index (χ1v) is 12.8. The smallest absolute Gasteiger partial charge is 0.0550 e. The van der Waals surface area contributed by atoms with Crippen LogP contribution >= 0.6 is 0 Å². The van der Waals surface area contributed by atoms with Crippen LogP contribution in [0.25, 0.3) is 0 Å². The summed E-state index contributed by atoms with van der Waals surface area (Å²) in [6.45, 7) is 8.99. The highest BCUT2D eigenvalue weighted by molar-refractivity contribution is 5.69. The molecule has 0 radical (unpaired) electrons. The standard InChI is InChI=1S/C33H36N2/c1-25-15-19-29(20-16-25)35(30-21-17-26(18-22-30)33(2,3)4)32-24-23-31(32)34(27-11-7-5-8-12-27)28-13-9-6-10-14-28/h5-22,31-32H,23-24H2,1-4H3/t31-,32?/m1/s1. The van der Waals surface area contributed by atoms with Crippen molar-refractivity contribution in [2.24, 2.45) is 0 Å². The fourth-order valence-corrected chi connectivity index (χ4v) is 5.14. The number of rotatable bonds is 6. The van der Waals surface area contributed by atoms with E-state index in [0.29, 0.717) is 12.1 Å². The van der Waals surface area contributed by atoms with Crippen molar-refractivity contribution in [3.63, 3.8) is 0 Å². The van der Waals surface area contributed by atoms with E-state index in [4.69, 9.17) is 0 Å². The summed E-state index contributed by atoms with van der Waals surface area (Å²) in [7, 11) is 0. The lowest BCUT2D eigenvalue weighted by Crippen LogP contribution is -2.56. The lowest BCUT2D eigenvalue weighted by atomic mass is 9.81. The van der Waals surface area contributed by atoms with Crippen molar-refractivity contribution in [2.75, 3.05) is 9.80 Å². The zero-order valence-electron chi connectivity index (χ0n) is 21.4.